The van der Waals surface area contributed by atoms with Gasteiger partial charge in [0.15, 0.2) is 11.6 Å². The van der Waals surface area contributed by atoms with Crippen LogP contribution < -0.4 is 4.74 Å². The van der Waals surface area contributed by atoms with Gasteiger partial charge in [0.2, 0.25) is 0 Å². The monoisotopic (exact) mass is 257 g/mol. The Kier molecular flexibility index (Phi) is 4.11. The minimum Gasteiger partial charge on any atom is -0.487 e. The molecule has 0 radical (unpaired) electrons. The van der Waals surface area contributed by atoms with E-state index in [1.807, 2.05) is 6.07 Å². The Bertz CT molecular complexity index is 590. The second-order valence-electron chi connectivity index (χ2n) is 3.99. The molecule has 2 aromatic carbocycles. The molecule has 0 aliphatic carbocycles. The summed E-state index contributed by atoms with van der Waals surface area (Å²) in [4.78, 5) is 0. The molecule has 2 rings (SSSR count). The highest BCUT2D eigenvalue weighted by Crippen LogP contribution is 2.19. The second kappa shape index (κ2) is 5.98. The summed E-state index contributed by atoms with van der Waals surface area (Å²) in [6.45, 7) is -0.0488. The normalized spacial score (nSPS) is 11.6. The maximum atomic E-state index is 13.3. The first-order chi connectivity index (χ1) is 9.20. The van der Waals surface area contributed by atoms with Crippen molar-refractivity contribution in [1.29, 1.82) is 5.26 Å². The van der Waals surface area contributed by atoms with Crippen molar-refractivity contribution in [2.24, 2.45) is 0 Å². The Labute approximate surface area is 110 Å². The number of ether oxygens (including phenoxy) is 1. The van der Waals surface area contributed by atoms with E-state index in [0.29, 0.717) is 11.1 Å². The van der Waals surface area contributed by atoms with Gasteiger partial charge in [0.05, 0.1) is 11.6 Å². The Morgan fingerprint density at radius 2 is 1.84 bits per heavy atom. The lowest BCUT2D eigenvalue weighted by Crippen LogP contribution is -2.10. The maximum absolute atomic E-state index is 13.3. The van der Waals surface area contributed by atoms with E-state index in [4.69, 9.17) is 10.00 Å². The van der Waals surface area contributed by atoms with Crippen molar-refractivity contribution in [2.75, 3.05) is 6.61 Å². The van der Waals surface area contributed by atoms with Crippen LogP contribution >= 0.6 is 0 Å². The number of rotatable bonds is 4. The van der Waals surface area contributed by atoms with Crippen molar-refractivity contribution >= 4 is 0 Å². The fourth-order valence-corrected chi connectivity index (χ4v) is 1.61. The van der Waals surface area contributed by atoms with Gasteiger partial charge in [0.25, 0.3) is 0 Å². The van der Waals surface area contributed by atoms with Gasteiger partial charge in [0.1, 0.15) is 12.7 Å². The van der Waals surface area contributed by atoms with Crippen LogP contribution in [0.4, 0.5) is 4.39 Å². The summed E-state index contributed by atoms with van der Waals surface area (Å²) in [6.07, 6.45) is -0.868. The smallest absolute Gasteiger partial charge is 0.165 e. The first-order valence-corrected chi connectivity index (χ1v) is 5.76. The molecule has 0 amide bonds. The van der Waals surface area contributed by atoms with E-state index in [-0.39, 0.29) is 12.4 Å². The van der Waals surface area contributed by atoms with Crippen LogP contribution in [0.3, 0.4) is 0 Å². The molecule has 0 heterocycles. The molecular formula is C15H12FNO2. The number of halogens is 1. The average molecular weight is 257 g/mol. The third kappa shape index (κ3) is 3.30. The third-order valence-electron chi connectivity index (χ3n) is 2.66. The summed E-state index contributed by atoms with van der Waals surface area (Å²) in [6, 6.07) is 14.5. The van der Waals surface area contributed by atoms with Crippen molar-refractivity contribution in [2.45, 2.75) is 6.10 Å². The number of nitriles is 1. The molecule has 3 nitrogen and oxygen atoms in total. The van der Waals surface area contributed by atoms with Crippen molar-refractivity contribution in [3.8, 4) is 11.8 Å². The Morgan fingerprint density at radius 1 is 1.16 bits per heavy atom. The van der Waals surface area contributed by atoms with Crippen LogP contribution in [0.25, 0.3) is 0 Å². The summed E-state index contributed by atoms with van der Waals surface area (Å²) in [5, 5.41) is 18.6. The van der Waals surface area contributed by atoms with E-state index in [9.17, 15) is 9.50 Å². The molecule has 0 aliphatic heterocycles. The molecule has 0 saturated carbocycles. The minimum absolute atomic E-state index is 0.0488. The van der Waals surface area contributed by atoms with Crippen LogP contribution in [0.15, 0.2) is 48.5 Å². The fraction of sp³-hybridized carbons (Fsp3) is 0.133. The minimum atomic E-state index is -0.868. The lowest BCUT2D eigenvalue weighted by atomic mass is 10.1. The Hall–Kier alpha value is -2.38. The number of nitrogens with zero attached hydrogens (tertiary/aromatic N) is 1. The van der Waals surface area contributed by atoms with Crippen molar-refractivity contribution < 1.29 is 14.2 Å². The zero-order valence-electron chi connectivity index (χ0n) is 10.1. The quantitative estimate of drug-likeness (QED) is 0.916. The van der Waals surface area contributed by atoms with Crippen LogP contribution in [-0.2, 0) is 0 Å². The van der Waals surface area contributed by atoms with Crippen LogP contribution in [0.2, 0.25) is 0 Å². The van der Waals surface area contributed by atoms with E-state index in [1.54, 1.807) is 36.4 Å². The third-order valence-corrected chi connectivity index (χ3v) is 2.66. The topological polar surface area (TPSA) is 53.2 Å². The molecule has 0 fully saturated rings. The van der Waals surface area contributed by atoms with Gasteiger partial charge in [0, 0.05) is 0 Å². The number of benzene rings is 2. The van der Waals surface area contributed by atoms with E-state index < -0.39 is 11.9 Å². The first kappa shape index (κ1) is 13.1. The van der Waals surface area contributed by atoms with E-state index in [0.717, 1.165) is 0 Å². The van der Waals surface area contributed by atoms with E-state index in [1.165, 1.54) is 12.1 Å². The Morgan fingerprint density at radius 3 is 2.47 bits per heavy atom. The Balaban J connectivity index is 1.99. The highest BCUT2D eigenvalue weighted by molar-refractivity contribution is 5.32. The number of hydrogen-bond acceptors (Lipinski definition) is 3. The average Bonchev–Trinajstić information content (AvgIpc) is 2.46. The van der Waals surface area contributed by atoms with Crippen molar-refractivity contribution in [1.82, 2.24) is 0 Å². The molecule has 4 heteroatoms. The molecule has 1 atom stereocenters. The van der Waals surface area contributed by atoms with Gasteiger partial charge in [-0.05, 0) is 29.8 Å². The molecule has 0 bridgehead atoms. The number of aliphatic hydroxyl groups excluding tert-OH is 1. The zero-order valence-corrected chi connectivity index (χ0v) is 10.1. The van der Waals surface area contributed by atoms with Gasteiger partial charge in [-0.2, -0.15) is 5.26 Å². The molecule has 96 valence electrons. The maximum Gasteiger partial charge on any atom is 0.165 e. The largest absolute Gasteiger partial charge is 0.487 e. The van der Waals surface area contributed by atoms with Crippen LogP contribution in [0, 0.1) is 17.1 Å². The van der Waals surface area contributed by atoms with Gasteiger partial charge >= 0.3 is 0 Å². The van der Waals surface area contributed by atoms with Crippen molar-refractivity contribution in [3.05, 3.63) is 65.5 Å². The van der Waals surface area contributed by atoms with Gasteiger partial charge in [-0.3, -0.25) is 0 Å². The molecule has 0 aromatic heterocycles. The van der Waals surface area contributed by atoms with E-state index in [2.05, 4.69) is 0 Å². The van der Waals surface area contributed by atoms with Gasteiger partial charge in [-0.15, -0.1) is 0 Å². The molecular weight excluding hydrogens is 245 g/mol. The number of para-hydroxylation sites is 1. The molecule has 1 unspecified atom stereocenters. The van der Waals surface area contributed by atoms with E-state index >= 15 is 0 Å². The fourth-order valence-electron chi connectivity index (χ4n) is 1.61. The summed E-state index contributed by atoms with van der Waals surface area (Å²) in [5.41, 5.74) is 1.14. The lowest BCUT2D eigenvalue weighted by Gasteiger charge is -2.13. The molecule has 19 heavy (non-hydrogen) atoms. The second-order valence-corrected chi connectivity index (χ2v) is 3.99. The lowest BCUT2D eigenvalue weighted by molar-refractivity contribution is 0.106. The predicted molar refractivity (Wildman–Crippen MR) is 68.0 cm³/mol. The van der Waals surface area contributed by atoms with Crippen LogP contribution in [0.1, 0.15) is 17.2 Å². The predicted octanol–water partition coefficient (Wildman–Crippen LogP) is 2.81. The summed E-state index contributed by atoms with van der Waals surface area (Å²) >= 11 is 0. The summed E-state index contributed by atoms with van der Waals surface area (Å²) in [7, 11) is 0. The van der Waals surface area contributed by atoms with Crippen LogP contribution in [0.5, 0.6) is 5.75 Å². The van der Waals surface area contributed by atoms with Gasteiger partial charge in [-0.25, -0.2) is 4.39 Å². The highest BCUT2D eigenvalue weighted by atomic mass is 19.1. The number of hydrogen-bond donors (Lipinski definition) is 1. The van der Waals surface area contributed by atoms with Crippen LogP contribution in [-0.4, -0.2) is 11.7 Å². The molecule has 0 saturated heterocycles. The number of aliphatic hydroxyl groups is 1. The standard InChI is InChI=1S/C15H12FNO2/c16-13-3-1-2-4-15(13)19-10-14(18)12-7-5-11(9-17)6-8-12/h1-8,14,18H,10H2. The van der Waals surface area contributed by atoms with Crippen molar-refractivity contribution in [3.63, 3.8) is 0 Å². The van der Waals surface area contributed by atoms with Gasteiger partial charge < -0.3 is 9.84 Å². The first-order valence-electron chi connectivity index (χ1n) is 5.76. The molecule has 2 aromatic rings. The molecule has 0 spiro atoms. The summed E-state index contributed by atoms with van der Waals surface area (Å²) in [5.74, 6) is -0.357. The zero-order chi connectivity index (χ0) is 13.7. The summed E-state index contributed by atoms with van der Waals surface area (Å²) < 4.78 is 18.5. The molecule has 1 N–H and O–H groups in total. The van der Waals surface area contributed by atoms with Gasteiger partial charge in [-0.1, -0.05) is 24.3 Å². The SMILES string of the molecule is N#Cc1ccc(C(O)COc2ccccc2F)cc1. The molecule has 0 aliphatic rings. The highest BCUT2D eigenvalue weighted by Gasteiger charge is 2.10.